The number of fused-ring (bicyclic) bond motifs is 1. The topological polar surface area (TPSA) is 77.2 Å². The summed E-state index contributed by atoms with van der Waals surface area (Å²) in [5.74, 6) is 0.433. The molecule has 2 aromatic heterocycles. The number of carbonyl (C=O) groups is 1. The van der Waals surface area contributed by atoms with Gasteiger partial charge in [-0.05, 0) is 48.4 Å². The molecule has 4 aromatic rings. The molecule has 0 N–H and O–H groups in total. The van der Waals surface area contributed by atoms with E-state index in [9.17, 15) is 14.4 Å². The number of likely N-dealkylation sites (tertiary alicyclic amines) is 1. The molecule has 1 fully saturated rings. The van der Waals surface area contributed by atoms with Gasteiger partial charge in [0.15, 0.2) is 5.52 Å². The maximum atomic E-state index is 13.4. The van der Waals surface area contributed by atoms with Gasteiger partial charge in [-0.1, -0.05) is 60.7 Å². The molecule has 35 heavy (non-hydrogen) atoms. The van der Waals surface area contributed by atoms with E-state index in [0.717, 1.165) is 24.8 Å². The monoisotopic (exact) mass is 468 g/mol. The Morgan fingerprint density at radius 1 is 0.829 bits per heavy atom. The van der Waals surface area contributed by atoms with E-state index in [1.54, 1.807) is 12.1 Å². The molecule has 7 nitrogen and oxygen atoms in total. The van der Waals surface area contributed by atoms with Crippen molar-refractivity contribution >= 4 is 16.9 Å². The predicted molar refractivity (Wildman–Crippen MR) is 135 cm³/mol. The number of hydrogen-bond donors (Lipinski definition) is 0. The molecule has 1 aliphatic heterocycles. The predicted octanol–water partition coefficient (Wildman–Crippen LogP) is 3.09. The normalized spacial score (nSPS) is 14.3. The lowest BCUT2D eigenvalue weighted by atomic mass is 9.90. The molecule has 0 bridgehead atoms. The number of pyridine rings is 1. The van der Waals surface area contributed by atoms with E-state index in [4.69, 9.17) is 0 Å². The van der Waals surface area contributed by atoms with Crippen LogP contribution in [-0.4, -0.2) is 38.0 Å². The fraction of sp³-hybridized carbons (Fsp3) is 0.286. The molecule has 3 heterocycles. The van der Waals surface area contributed by atoms with Crippen molar-refractivity contribution in [2.24, 2.45) is 5.92 Å². The Labute approximate surface area is 203 Å². The molecule has 2 aromatic carbocycles. The average molecular weight is 469 g/mol. The number of rotatable bonds is 6. The van der Waals surface area contributed by atoms with Gasteiger partial charge >= 0.3 is 5.69 Å². The SMILES string of the molecule is O=C(Cn1c(=O)n(Cc2ccccc2)c(=O)c2ncccc21)N1CCC(Cc2ccccc2)CC1. The van der Waals surface area contributed by atoms with Crippen molar-refractivity contribution in [2.75, 3.05) is 13.1 Å². The van der Waals surface area contributed by atoms with Crippen molar-refractivity contribution in [1.82, 2.24) is 19.0 Å². The summed E-state index contributed by atoms with van der Waals surface area (Å²) in [5.41, 5.74) is 1.80. The molecular weight excluding hydrogens is 440 g/mol. The highest BCUT2D eigenvalue weighted by molar-refractivity contribution is 5.79. The van der Waals surface area contributed by atoms with Crippen LogP contribution >= 0.6 is 0 Å². The van der Waals surface area contributed by atoms with Crippen LogP contribution in [-0.2, 0) is 24.3 Å². The molecule has 0 spiro atoms. The maximum absolute atomic E-state index is 13.4. The van der Waals surface area contributed by atoms with Crippen molar-refractivity contribution in [3.05, 3.63) is 111 Å². The summed E-state index contributed by atoms with van der Waals surface area (Å²) < 4.78 is 2.56. The molecule has 1 saturated heterocycles. The smallest absolute Gasteiger partial charge is 0.332 e. The summed E-state index contributed by atoms with van der Waals surface area (Å²) in [4.78, 5) is 45.8. The van der Waals surface area contributed by atoms with Gasteiger partial charge in [-0.3, -0.25) is 18.7 Å². The molecular formula is C28H28N4O3. The van der Waals surface area contributed by atoms with Crippen molar-refractivity contribution < 1.29 is 4.79 Å². The summed E-state index contributed by atoms with van der Waals surface area (Å²) in [6.07, 6.45) is 4.42. The zero-order valence-electron chi connectivity index (χ0n) is 19.5. The van der Waals surface area contributed by atoms with Crippen molar-refractivity contribution in [1.29, 1.82) is 0 Å². The van der Waals surface area contributed by atoms with Gasteiger partial charge in [0.25, 0.3) is 5.56 Å². The number of benzene rings is 2. The van der Waals surface area contributed by atoms with E-state index >= 15 is 0 Å². The number of piperidine rings is 1. The largest absolute Gasteiger partial charge is 0.341 e. The van der Waals surface area contributed by atoms with E-state index in [1.807, 2.05) is 41.3 Å². The summed E-state index contributed by atoms with van der Waals surface area (Å²) in [6, 6.07) is 23.1. The highest BCUT2D eigenvalue weighted by Crippen LogP contribution is 2.22. The van der Waals surface area contributed by atoms with E-state index in [-0.39, 0.29) is 24.5 Å². The van der Waals surface area contributed by atoms with Crippen LogP contribution < -0.4 is 11.2 Å². The first-order chi connectivity index (χ1) is 17.1. The first kappa shape index (κ1) is 22.8. The summed E-state index contributed by atoms with van der Waals surface area (Å²) in [6.45, 7) is 1.36. The van der Waals surface area contributed by atoms with Gasteiger partial charge < -0.3 is 4.90 Å². The fourth-order valence-electron chi connectivity index (χ4n) is 4.87. The van der Waals surface area contributed by atoms with Crippen LogP contribution in [0.3, 0.4) is 0 Å². The minimum Gasteiger partial charge on any atom is -0.341 e. The average Bonchev–Trinajstić information content (AvgIpc) is 2.90. The van der Waals surface area contributed by atoms with Gasteiger partial charge in [0.2, 0.25) is 5.91 Å². The highest BCUT2D eigenvalue weighted by atomic mass is 16.2. The molecule has 5 rings (SSSR count). The Morgan fingerprint density at radius 2 is 1.49 bits per heavy atom. The first-order valence-corrected chi connectivity index (χ1v) is 12.0. The van der Waals surface area contributed by atoms with Crippen LogP contribution in [0.5, 0.6) is 0 Å². The van der Waals surface area contributed by atoms with Gasteiger partial charge in [-0.2, -0.15) is 0 Å². The minimum absolute atomic E-state index is 0.111. The Hall–Kier alpha value is -4.00. The lowest BCUT2D eigenvalue weighted by molar-refractivity contribution is -0.133. The number of nitrogens with zero attached hydrogens (tertiary/aromatic N) is 4. The van der Waals surface area contributed by atoms with E-state index in [0.29, 0.717) is 24.5 Å². The zero-order valence-corrected chi connectivity index (χ0v) is 19.5. The van der Waals surface area contributed by atoms with Crippen molar-refractivity contribution in [3.63, 3.8) is 0 Å². The van der Waals surface area contributed by atoms with Crippen LogP contribution in [0.1, 0.15) is 24.0 Å². The molecule has 0 unspecified atom stereocenters. The standard InChI is InChI=1S/C28H28N4O3/c33-25(30-16-13-22(14-17-30)18-21-8-3-1-4-9-21)20-31-24-12-7-15-29-26(24)27(34)32(28(31)35)19-23-10-5-2-6-11-23/h1-12,15,22H,13-14,16-20H2. The van der Waals surface area contributed by atoms with Gasteiger partial charge in [0, 0.05) is 19.3 Å². The Kier molecular flexibility index (Phi) is 6.57. The van der Waals surface area contributed by atoms with Crippen LogP contribution in [0.4, 0.5) is 0 Å². The number of hydrogen-bond acceptors (Lipinski definition) is 4. The highest BCUT2D eigenvalue weighted by Gasteiger charge is 2.24. The molecule has 0 radical (unpaired) electrons. The van der Waals surface area contributed by atoms with Crippen LogP contribution in [0, 0.1) is 5.92 Å². The zero-order chi connectivity index (χ0) is 24.2. The molecule has 178 valence electrons. The summed E-state index contributed by atoms with van der Waals surface area (Å²) in [7, 11) is 0. The second kappa shape index (κ2) is 10.1. The first-order valence-electron chi connectivity index (χ1n) is 12.0. The van der Waals surface area contributed by atoms with Gasteiger partial charge in [-0.25, -0.2) is 9.78 Å². The molecule has 0 aliphatic carbocycles. The van der Waals surface area contributed by atoms with E-state index < -0.39 is 11.2 Å². The lowest BCUT2D eigenvalue weighted by Gasteiger charge is -2.32. The van der Waals surface area contributed by atoms with Crippen molar-refractivity contribution in [3.8, 4) is 0 Å². The Morgan fingerprint density at radius 3 is 2.17 bits per heavy atom. The third kappa shape index (κ3) is 4.94. The number of aromatic nitrogens is 3. The number of amides is 1. The Bertz CT molecular complexity index is 1440. The van der Waals surface area contributed by atoms with Crippen LogP contribution in [0.2, 0.25) is 0 Å². The molecule has 1 amide bonds. The van der Waals surface area contributed by atoms with Gasteiger partial charge in [0.05, 0.1) is 12.1 Å². The molecule has 0 saturated carbocycles. The quantitative estimate of drug-likeness (QED) is 0.436. The third-order valence-corrected chi connectivity index (χ3v) is 6.80. The van der Waals surface area contributed by atoms with Gasteiger partial charge in [0.1, 0.15) is 6.54 Å². The van der Waals surface area contributed by atoms with Crippen molar-refractivity contribution in [2.45, 2.75) is 32.4 Å². The second-order valence-electron chi connectivity index (χ2n) is 9.13. The summed E-state index contributed by atoms with van der Waals surface area (Å²) >= 11 is 0. The van der Waals surface area contributed by atoms with Crippen LogP contribution in [0.25, 0.3) is 11.0 Å². The third-order valence-electron chi connectivity index (χ3n) is 6.80. The minimum atomic E-state index is -0.494. The van der Waals surface area contributed by atoms with E-state index in [2.05, 4.69) is 29.2 Å². The lowest BCUT2D eigenvalue weighted by Crippen LogP contribution is -2.45. The fourth-order valence-corrected chi connectivity index (χ4v) is 4.87. The Balaban J connectivity index is 1.36. The maximum Gasteiger partial charge on any atom is 0.332 e. The van der Waals surface area contributed by atoms with Crippen LogP contribution in [0.15, 0.2) is 88.6 Å². The van der Waals surface area contributed by atoms with E-state index in [1.165, 1.54) is 20.9 Å². The second-order valence-corrected chi connectivity index (χ2v) is 9.13. The summed E-state index contributed by atoms with van der Waals surface area (Å²) in [5, 5.41) is 0. The number of carbonyl (C=O) groups excluding carboxylic acids is 1. The molecule has 7 heteroatoms. The molecule has 1 aliphatic rings. The van der Waals surface area contributed by atoms with Gasteiger partial charge in [-0.15, -0.1) is 0 Å². The molecule has 0 atom stereocenters.